The minimum absolute atomic E-state index is 0.567. The first-order chi connectivity index (χ1) is 36.0. The number of benzene rings is 6. The molecule has 0 aliphatic carbocycles. The van der Waals surface area contributed by atoms with Crippen LogP contribution in [0.25, 0.3) is 56.4 Å². The van der Waals surface area contributed by atoms with Gasteiger partial charge in [0.05, 0.1) is 34.2 Å². The molecule has 0 spiro atoms. The highest BCUT2D eigenvalue weighted by Gasteiger charge is 2.35. The fraction of sp³-hybridized carbons (Fsp3) is 0.0769. The van der Waals surface area contributed by atoms with Gasteiger partial charge in [-0.2, -0.15) is 0 Å². The van der Waals surface area contributed by atoms with Gasteiger partial charge in [0.1, 0.15) is 5.82 Å². The van der Waals surface area contributed by atoms with Gasteiger partial charge in [-0.15, -0.1) is 0 Å². The number of hydrogen-bond donors (Lipinski definition) is 1. The summed E-state index contributed by atoms with van der Waals surface area (Å²) in [5.74, 6) is 2.34. The van der Waals surface area contributed by atoms with E-state index in [1.807, 2.05) is 61.5 Å². The number of hydrazine groups is 1. The highest BCUT2D eigenvalue weighted by molar-refractivity contribution is 5.94. The van der Waals surface area contributed by atoms with Crippen LogP contribution in [0.5, 0.6) is 0 Å². The third-order valence-corrected chi connectivity index (χ3v) is 12.3. The number of aryl methyl sites for hydroxylation is 1. The summed E-state index contributed by atoms with van der Waals surface area (Å²) in [5, 5.41) is 4.53. The Kier molecular flexibility index (Phi) is 15.8. The number of allylic oxidation sites excluding steroid dienone is 1. The van der Waals surface area contributed by atoms with Crippen molar-refractivity contribution in [1.29, 1.82) is 0 Å². The van der Waals surface area contributed by atoms with Gasteiger partial charge in [-0.1, -0.05) is 206 Å². The Bertz CT molecular complexity index is 3420. The van der Waals surface area contributed by atoms with Gasteiger partial charge in [0.2, 0.25) is 0 Å². The molecule has 73 heavy (non-hydrogen) atoms. The molecular weight excluding hydrogens is 893 g/mol. The van der Waals surface area contributed by atoms with Gasteiger partial charge in [0, 0.05) is 51.3 Å². The standard InChI is InChI=1S/C52H42N6.C12H11N.CH5N/c1-38-37-56(48-34-18-31-45(53-48)40-21-8-3-9-22-40)39(2)52(44-29-16-7-17-30-44)58(50-36-20-33-47(55-50)42-25-12-5-13-26-42)57(51(38)43-27-14-6-15-28-43)49-35-19-32-46(54-49)41-23-10-4-11-24-41;1-10-6-5-9-12(13-10)11-7-3-2-4-8-11;1-2/h3-36H,37H2,1-2H3;2-9H,1H3;2H2,1H3/b51-38-,52-39-;;. The van der Waals surface area contributed by atoms with Crippen molar-refractivity contribution in [2.75, 3.05) is 28.5 Å². The molecule has 0 bridgehead atoms. The van der Waals surface area contributed by atoms with E-state index in [0.29, 0.717) is 6.54 Å². The van der Waals surface area contributed by atoms with Crippen LogP contribution in [-0.4, -0.2) is 33.5 Å². The average Bonchev–Trinajstić information content (AvgIpc) is 3.47. The summed E-state index contributed by atoms with van der Waals surface area (Å²) in [7, 11) is 1.50. The van der Waals surface area contributed by atoms with Crippen LogP contribution < -0.4 is 20.7 Å². The summed E-state index contributed by atoms with van der Waals surface area (Å²) in [6.07, 6.45) is 0. The summed E-state index contributed by atoms with van der Waals surface area (Å²) >= 11 is 0. The Labute approximate surface area is 429 Å². The Morgan fingerprint density at radius 2 is 0.603 bits per heavy atom. The first kappa shape index (κ1) is 48.8. The SMILES string of the molecule is C/C1=C(\c2ccccc2)N(c2cccc(-c3ccccc3)n2)N(c2cccc(-c3ccccc3)n2)/C(c2ccccc2)=C(/C)N(c2cccc(-c3ccccc3)n2)C1.CN.Cc1cccc(-c2ccccc2)n1. The van der Waals surface area contributed by atoms with Crippen LogP contribution in [0.4, 0.5) is 17.5 Å². The normalized spacial score (nSPS) is 14.5. The lowest BCUT2D eigenvalue weighted by molar-refractivity contribution is 0.874. The van der Waals surface area contributed by atoms with Crippen molar-refractivity contribution in [2.24, 2.45) is 5.73 Å². The molecular formula is C65H58N8. The lowest BCUT2D eigenvalue weighted by Gasteiger charge is -2.44. The monoisotopic (exact) mass is 950 g/mol. The second-order valence-corrected chi connectivity index (χ2v) is 17.3. The Morgan fingerprint density at radius 1 is 0.301 bits per heavy atom. The van der Waals surface area contributed by atoms with Crippen LogP contribution in [0, 0.1) is 6.92 Å². The highest BCUT2D eigenvalue weighted by atomic mass is 15.7. The van der Waals surface area contributed by atoms with Gasteiger partial charge >= 0.3 is 0 Å². The van der Waals surface area contributed by atoms with Gasteiger partial charge in [-0.3, -0.25) is 4.98 Å². The molecule has 1 aliphatic rings. The predicted molar refractivity (Wildman–Crippen MR) is 304 cm³/mol. The van der Waals surface area contributed by atoms with E-state index < -0.39 is 0 Å². The zero-order valence-corrected chi connectivity index (χ0v) is 41.7. The molecule has 2 N–H and O–H groups in total. The molecule has 8 nitrogen and oxygen atoms in total. The Hall–Kier alpha value is -9.24. The number of rotatable bonds is 9. The minimum atomic E-state index is 0.567. The summed E-state index contributed by atoms with van der Waals surface area (Å²) in [6, 6.07) is 87.4. The predicted octanol–water partition coefficient (Wildman–Crippen LogP) is 15.1. The van der Waals surface area contributed by atoms with Crippen molar-refractivity contribution in [2.45, 2.75) is 20.8 Å². The molecule has 11 rings (SSSR count). The summed E-state index contributed by atoms with van der Waals surface area (Å²) < 4.78 is 0. The molecule has 0 atom stereocenters. The third-order valence-electron chi connectivity index (χ3n) is 12.3. The second-order valence-electron chi connectivity index (χ2n) is 17.3. The zero-order valence-electron chi connectivity index (χ0n) is 41.7. The van der Waals surface area contributed by atoms with Gasteiger partial charge in [0.15, 0.2) is 11.6 Å². The number of pyridine rings is 4. The minimum Gasteiger partial charge on any atom is -0.333 e. The van der Waals surface area contributed by atoms with Crippen molar-refractivity contribution >= 4 is 28.8 Å². The fourth-order valence-corrected chi connectivity index (χ4v) is 8.95. The molecule has 6 aromatic carbocycles. The van der Waals surface area contributed by atoms with Gasteiger partial charge in [-0.05, 0) is 81.9 Å². The van der Waals surface area contributed by atoms with E-state index in [9.17, 15) is 0 Å². The molecule has 0 fully saturated rings. The van der Waals surface area contributed by atoms with E-state index in [0.717, 1.165) is 96.4 Å². The molecule has 0 saturated heterocycles. The van der Waals surface area contributed by atoms with Crippen molar-refractivity contribution in [3.63, 3.8) is 0 Å². The van der Waals surface area contributed by atoms with Crippen LogP contribution >= 0.6 is 0 Å². The van der Waals surface area contributed by atoms with Crippen LogP contribution in [-0.2, 0) is 0 Å². The molecule has 10 aromatic rings. The summed E-state index contributed by atoms with van der Waals surface area (Å²) in [4.78, 5) is 23.0. The molecule has 4 aromatic heterocycles. The van der Waals surface area contributed by atoms with Crippen molar-refractivity contribution in [1.82, 2.24) is 19.9 Å². The molecule has 0 unspecified atom stereocenters. The van der Waals surface area contributed by atoms with E-state index in [4.69, 9.17) is 15.0 Å². The van der Waals surface area contributed by atoms with Crippen molar-refractivity contribution in [3.05, 3.63) is 283 Å². The first-order valence-corrected chi connectivity index (χ1v) is 24.5. The highest BCUT2D eigenvalue weighted by Crippen LogP contribution is 2.42. The maximum atomic E-state index is 5.48. The third kappa shape index (κ3) is 11.4. The number of nitrogens with two attached hydrogens (primary N) is 1. The van der Waals surface area contributed by atoms with Crippen LogP contribution in [0.3, 0.4) is 0 Å². The largest absolute Gasteiger partial charge is 0.333 e. The quantitative estimate of drug-likeness (QED) is 0.153. The number of hydrogen-bond acceptors (Lipinski definition) is 8. The molecule has 0 radical (unpaired) electrons. The zero-order chi connectivity index (χ0) is 50.4. The van der Waals surface area contributed by atoms with Crippen LogP contribution in [0.1, 0.15) is 30.7 Å². The van der Waals surface area contributed by atoms with Crippen molar-refractivity contribution < 1.29 is 0 Å². The van der Waals surface area contributed by atoms with Gasteiger partial charge in [0.25, 0.3) is 0 Å². The first-order valence-electron chi connectivity index (χ1n) is 24.5. The van der Waals surface area contributed by atoms with E-state index in [-0.39, 0.29) is 0 Å². The lowest BCUT2D eigenvalue weighted by atomic mass is 10.0. The van der Waals surface area contributed by atoms with Gasteiger partial charge in [-0.25, -0.2) is 25.0 Å². The molecule has 5 heterocycles. The molecule has 1 aliphatic heterocycles. The van der Waals surface area contributed by atoms with E-state index in [2.05, 4.69) is 240 Å². The fourth-order valence-electron chi connectivity index (χ4n) is 8.95. The maximum Gasteiger partial charge on any atom is 0.153 e. The average molecular weight is 951 g/mol. The molecule has 358 valence electrons. The lowest BCUT2D eigenvalue weighted by Crippen LogP contribution is -2.46. The maximum absolute atomic E-state index is 5.48. The molecule has 0 saturated carbocycles. The number of anilines is 3. The number of aromatic nitrogens is 4. The number of nitrogens with zero attached hydrogens (tertiary/aromatic N) is 7. The van der Waals surface area contributed by atoms with Crippen molar-refractivity contribution in [3.8, 4) is 45.0 Å². The smallest absolute Gasteiger partial charge is 0.153 e. The molecule has 0 amide bonds. The summed E-state index contributed by atoms with van der Waals surface area (Å²) in [5.41, 5.74) is 19.7. The van der Waals surface area contributed by atoms with Crippen LogP contribution in [0.2, 0.25) is 0 Å². The second kappa shape index (κ2) is 23.6. The van der Waals surface area contributed by atoms with Gasteiger partial charge < -0.3 is 10.6 Å². The molecule has 8 heteroatoms. The van der Waals surface area contributed by atoms with E-state index >= 15 is 0 Å². The van der Waals surface area contributed by atoms with Crippen LogP contribution in [0.15, 0.2) is 266 Å². The Morgan fingerprint density at radius 3 is 0.986 bits per heavy atom. The summed E-state index contributed by atoms with van der Waals surface area (Å²) in [6.45, 7) is 6.99. The van der Waals surface area contributed by atoms with E-state index in [1.165, 1.54) is 12.6 Å². The Balaban J connectivity index is 0.000000376. The topological polar surface area (TPSA) is 87.3 Å². The van der Waals surface area contributed by atoms with E-state index in [1.54, 1.807) is 0 Å².